The van der Waals surface area contributed by atoms with E-state index < -0.39 is 17.5 Å². The SMILES string of the molecule is C=CC(C)(c1ccccc1)C(O)c1ccc(C(=O)OC)cc1. The van der Waals surface area contributed by atoms with Gasteiger partial charge in [-0.15, -0.1) is 6.58 Å². The van der Waals surface area contributed by atoms with Crippen molar-refractivity contribution in [2.45, 2.75) is 18.4 Å². The van der Waals surface area contributed by atoms with Crippen LogP contribution in [0.2, 0.25) is 0 Å². The predicted molar refractivity (Wildman–Crippen MR) is 86.7 cm³/mol. The molecule has 2 atom stereocenters. The van der Waals surface area contributed by atoms with E-state index in [0.29, 0.717) is 5.56 Å². The van der Waals surface area contributed by atoms with Crippen molar-refractivity contribution in [3.05, 3.63) is 83.9 Å². The fourth-order valence-electron chi connectivity index (χ4n) is 2.45. The van der Waals surface area contributed by atoms with Crippen LogP contribution < -0.4 is 0 Å². The van der Waals surface area contributed by atoms with Gasteiger partial charge in [-0.25, -0.2) is 4.79 Å². The van der Waals surface area contributed by atoms with Crippen molar-refractivity contribution in [1.29, 1.82) is 0 Å². The Morgan fingerprint density at radius 2 is 1.77 bits per heavy atom. The molecule has 0 heterocycles. The van der Waals surface area contributed by atoms with Gasteiger partial charge in [0.25, 0.3) is 0 Å². The molecular weight excluding hydrogens is 276 g/mol. The summed E-state index contributed by atoms with van der Waals surface area (Å²) in [6, 6.07) is 16.5. The fraction of sp³-hybridized carbons (Fsp3) is 0.211. The zero-order chi connectivity index (χ0) is 16.2. The lowest BCUT2D eigenvalue weighted by Crippen LogP contribution is -2.28. The summed E-state index contributed by atoms with van der Waals surface area (Å²) in [5.74, 6) is -0.393. The molecule has 0 amide bonds. The van der Waals surface area contributed by atoms with Crippen LogP contribution >= 0.6 is 0 Å². The molecule has 0 aromatic heterocycles. The summed E-state index contributed by atoms with van der Waals surface area (Å²) < 4.78 is 4.68. The van der Waals surface area contributed by atoms with Gasteiger partial charge in [-0.05, 0) is 30.2 Å². The van der Waals surface area contributed by atoms with Gasteiger partial charge in [0.15, 0.2) is 0 Å². The number of carbonyl (C=O) groups is 1. The molecule has 3 heteroatoms. The second-order valence-electron chi connectivity index (χ2n) is 5.37. The number of benzene rings is 2. The van der Waals surface area contributed by atoms with Crippen LogP contribution in [0, 0.1) is 0 Å². The molecule has 2 unspecified atom stereocenters. The summed E-state index contributed by atoms with van der Waals surface area (Å²) in [4.78, 5) is 11.5. The number of methoxy groups -OCH3 is 1. The van der Waals surface area contributed by atoms with E-state index in [4.69, 9.17) is 0 Å². The number of aliphatic hydroxyl groups excluding tert-OH is 1. The Bertz CT molecular complexity index is 646. The van der Waals surface area contributed by atoms with Crippen molar-refractivity contribution in [1.82, 2.24) is 0 Å². The van der Waals surface area contributed by atoms with Crippen LogP contribution in [0.3, 0.4) is 0 Å². The molecule has 0 aliphatic rings. The summed E-state index contributed by atoms with van der Waals surface area (Å²) in [6.07, 6.45) is 0.986. The topological polar surface area (TPSA) is 46.5 Å². The van der Waals surface area contributed by atoms with Crippen LogP contribution in [-0.4, -0.2) is 18.2 Å². The first-order valence-electron chi connectivity index (χ1n) is 7.08. The van der Waals surface area contributed by atoms with E-state index in [9.17, 15) is 9.90 Å². The molecule has 0 bridgehead atoms. The molecule has 0 spiro atoms. The zero-order valence-electron chi connectivity index (χ0n) is 12.8. The summed E-state index contributed by atoms with van der Waals surface area (Å²) >= 11 is 0. The second kappa shape index (κ2) is 6.58. The van der Waals surface area contributed by atoms with E-state index in [2.05, 4.69) is 11.3 Å². The highest BCUT2D eigenvalue weighted by Gasteiger charge is 2.32. The molecular formula is C19H20O3. The standard InChI is InChI=1S/C19H20O3/c1-4-19(2,16-8-6-5-7-9-16)17(20)14-10-12-15(13-11-14)18(21)22-3/h4-13,17,20H,1H2,2-3H3. The number of carbonyl (C=O) groups excluding carboxylic acids is 1. The molecule has 0 aliphatic carbocycles. The first-order valence-corrected chi connectivity index (χ1v) is 7.08. The van der Waals surface area contributed by atoms with Crippen LogP contribution in [0.25, 0.3) is 0 Å². The maximum atomic E-state index is 11.5. The molecule has 0 fully saturated rings. The molecule has 114 valence electrons. The third kappa shape index (κ3) is 2.95. The Morgan fingerprint density at radius 1 is 1.18 bits per heavy atom. The maximum absolute atomic E-state index is 11.5. The van der Waals surface area contributed by atoms with Crippen molar-refractivity contribution in [2.24, 2.45) is 0 Å². The average molecular weight is 296 g/mol. The lowest BCUT2D eigenvalue weighted by atomic mass is 9.75. The molecule has 1 N–H and O–H groups in total. The minimum atomic E-state index is -0.765. The molecule has 2 aromatic carbocycles. The normalized spacial score (nSPS) is 14.7. The van der Waals surface area contributed by atoms with E-state index in [1.165, 1.54) is 7.11 Å². The number of aliphatic hydroxyl groups is 1. The molecule has 2 aromatic rings. The van der Waals surface area contributed by atoms with Crippen LogP contribution in [0.5, 0.6) is 0 Å². The average Bonchev–Trinajstić information content (AvgIpc) is 2.60. The number of hydrogen-bond donors (Lipinski definition) is 1. The second-order valence-corrected chi connectivity index (χ2v) is 5.37. The molecule has 0 radical (unpaired) electrons. The first-order chi connectivity index (χ1) is 10.5. The minimum absolute atomic E-state index is 0.393. The van der Waals surface area contributed by atoms with Crippen molar-refractivity contribution in [2.75, 3.05) is 7.11 Å². The highest BCUT2D eigenvalue weighted by molar-refractivity contribution is 5.89. The molecule has 2 rings (SSSR count). The number of hydrogen-bond acceptors (Lipinski definition) is 3. The number of ether oxygens (including phenoxy) is 1. The Kier molecular flexibility index (Phi) is 4.78. The quantitative estimate of drug-likeness (QED) is 0.676. The van der Waals surface area contributed by atoms with Gasteiger partial charge in [-0.2, -0.15) is 0 Å². The van der Waals surface area contributed by atoms with Gasteiger partial charge in [-0.1, -0.05) is 48.5 Å². The zero-order valence-corrected chi connectivity index (χ0v) is 12.8. The Labute approximate surface area is 130 Å². The van der Waals surface area contributed by atoms with Gasteiger partial charge in [0.2, 0.25) is 0 Å². The van der Waals surface area contributed by atoms with E-state index in [0.717, 1.165) is 11.1 Å². The van der Waals surface area contributed by atoms with Crippen molar-refractivity contribution < 1.29 is 14.6 Å². The summed E-state index contributed by atoms with van der Waals surface area (Å²) in [6.45, 7) is 5.82. The Hall–Kier alpha value is -2.39. The fourth-order valence-corrected chi connectivity index (χ4v) is 2.45. The van der Waals surface area contributed by atoms with Crippen molar-refractivity contribution >= 4 is 5.97 Å². The minimum Gasteiger partial charge on any atom is -0.465 e. The van der Waals surface area contributed by atoms with Crippen LogP contribution in [0.4, 0.5) is 0 Å². The third-order valence-corrected chi connectivity index (χ3v) is 4.04. The molecule has 0 saturated heterocycles. The van der Waals surface area contributed by atoms with Crippen LogP contribution in [0.1, 0.15) is 34.5 Å². The largest absolute Gasteiger partial charge is 0.465 e. The monoisotopic (exact) mass is 296 g/mol. The van der Waals surface area contributed by atoms with E-state index >= 15 is 0 Å². The predicted octanol–water partition coefficient (Wildman–Crippen LogP) is 3.65. The smallest absolute Gasteiger partial charge is 0.337 e. The summed E-state index contributed by atoms with van der Waals surface area (Å²) in [5.41, 5.74) is 1.54. The number of esters is 1. The van der Waals surface area contributed by atoms with Gasteiger partial charge >= 0.3 is 5.97 Å². The Balaban J connectivity index is 2.35. The molecule has 0 aliphatic heterocycles. The summed E-state index contributed by atoms with van der Waals surface area (Å²) in [7, 11) is 1.34. The Morgan fingerprint density at radius 3 is 2.27 bits per heavy atom. The lowest BCUT2D eigenvalue weighted by molar-refractivity contribution is 0.0600. The third-order valence-electron chi connectivity index (χ3n) is 4.04. The van der Waals surface area contributed by atoms with Gasteiger partial charge in [-0.3, -0.25) is 0 Å². The first kappa shape index (κ1) is 16.0. The maximum Gasteiger partial charge on any atom is 0.337 e. The van der Waals surface area contributed by atoms with E-state index in [1.54, 1.807) is 30.3 Å². The number of rotatable bonds is 5. The lowest BCUT2D eigenvalue weighted by Gasteiger charge is -2.32. The highest BCUT2D eigenvalue weighted by atomic mass is 16.5. The van der Waals surface area contributed by atoms with Crippen molar-refractivity contribution in [3.8, 4) is 0 Å². The molecule has 0 saturated carbocycles. The highest BCUT2D eigenvalue weighted by Crippen LogP contribution is 2.38. The molecule has 3 nitrogen and oxygen atoms in total. The van der Waals surface area contributed by atoms with E-state index in [-0.39, 0.29) is 0 Å². The van der Waals surface area contributed by atoms with Gasteiger partial charge in [0.1, 0.15) is 0 Å². The van der Waals surface area contributed by atoms with Crippen LogP contribution in [-0.2, 0) is 10.2 Å². The van der Waals surface area contributed by atoms with E-state index in [1.807, 2.05) is 37.3 Å². The van der Waals surface area contributed by atoms with Crippen LogP contribution in [0.15, 0.2) is 67.3 Å². The van der Waals surface area contributed by atoms with Gasteiger partial charge < -0.3 is 9.84 Å². The van der Waals surface area contributed by atoms with Gasteiger partial charge in [0.05, 0.1) is 18.8 Å². The van der Waals surface area contributed by atoms with Gasteiger partial charge in [0, 0.05) is 5.41 Å². The molecule has 22 heavy (non-hydrogen) atoms. The van der Waals surface area contributed by atoms with Crippen molar-refractivity contribution in [3.63, 3.8) is 0 Å². The summed E-state index contributed by atoms with van der Waals surface area (Å²) in [5, 5.41) is 10.8.